The molecule has 0 saturated carbocycles. The molecule has 3 nitrogen and oxygen atoms in total. The van der Waals surface area contributed by atoms with Crippen LogP contribution >= 0.6 is 0 Å². The van der Waals surface area contributed by atoms with Crippen LogP contribution in [0.15, 0.2) is 84.9 Å². The second-order valence-electron chi connectivity index (χ2n) is 8.44. The van der Waals surface area contributed by atoms with Crippen LogP contribution in [0.4, 0.5) is 11.4 Å². The highest BCUT2D eigenvalue weighted by molar-refractivity contribution is 6.17. The van der Waals surface area contributed by atoms with Gasteiger partial charge in [-0.1, -0.05) is 42.5 Å². The average Bonchev–Trinajstić information content (AvgIpc) is 2.88. The SMILES string of the molecule is CCNc1ccc(C(=C2C=CC(=[NH+]CC)c3ccccc32)c2ccc(N(CC)CC)cc2)cc1. The van der Waals surface area contributed by atoms with Crippen molar-refractivity contribution in [3.8, 4) is 0 Å². The average molecular weight is 451 g/mol. The van der Waals surface area contributed by atoms with Crippen molar-refractivity contribution in [1.82, 2.24) is 0 Å². The maximum Gasteiger partial charge on any atom is 0.206 e. The Hall–Kier alpha value is -3.59. The summed E-state index contributed by atoms with van der Waals surface area (Å²) < 4.78 is 0. The third kappa shape index (κ3) is 4.84. The largest absolute Gasteiger partial charge is 0.385 e. The molecule has 3 aromatic rings. The number of nitrogens with one attached hydrogen (secondary N) is 2. The molecule has 4 rings (SSSR count). The van der Waals surface area contributed by atoms with Gasteiger partial charge in [-0.3, -0.25) is 0 Å². The van der Waals surface area contributed by atoms with E-state index >= 15 is 0 Å². The van der Waals surface area contributed by atoms with Crippen LogP contribution in [0, 0.1) is 0 Å². The van der Waals surface area contributed by atoms with Crippen molar-refractivity contribution in [1.29, 1.82) is 0 Å². The summed E-state index contributed by atoms with van der Waals surface area (Å²) in [6, 6.07) is 26.6. The summed E-state index contributed by atoms with van der Waals surface area (Å²) in [5.41, 5.74) is 11.1. The summed E-state index contributed by atoms with van der Waals surface area (Å²) in [4.78, 5) is 5.91. The summed E-state index contributed by atoms with van der Waals surface area (Å²) in [5.74, 6) is 0. The first kappa shape index (κ1) is 23.6. The summed E-state index contributed by atoms with van der Waals surface area (Å²) in [6.45, 7) is 12.5. The number of allylic oxidation sites excluding steroid dienone is 3. The Morgan fingerprint density at radius 1 is 0.735 bits per heavy atom. The zero-order valence-corrected chi connectivity index (χ0v) is 20.9. The van der Waals surface area contributed by atoms with Crippen LogP contribution in [0.1, 0.15) is 49.9 Å². The van der Waals surface area contributed by atoms with Crippen molar-refractivity contribution in [3.63, 3.8) is 0 Å². The van der Waals surface area contributed by atoms with Crippen molar-refractivity contribution < 1.29 is 4.99 Å². The summed E-state index contributed by atoms with van der Waals surface area (Å²) >= 11 is 0. The lowest BCUT2D eigenvalue weighted by Gasteiger charge is -2.23. The maximum absolute atomic E-state index is 3.53. The number of benzene rings is 3. The minimum absolute atomic E-state index is 0.901. The van der Waals surface area contributed by atoms with Crippen molar-refractivity contribution in [2.45, 2.75) is 27.7 Å². The molecule has 0 aliphatic heterocycles. The molecule has 34 heavy (non-hydrogen) atoms. The van der Waals surface area contributed by atoms with Gasteiger partial charge in [0.1, 0.15) is 6.54 Å². The summed E-state index contributed by atoms with van der Waals surface area (Å²) in [6.07, 6.45) is 4.49. The first-order chi connectivity index (χ1) is 16.7. The molecule has 3 heteroatoms. The highest BCUT2D eigenvalue weighted by Gasteiger charge is 2.22. The van der Waals surface area contributed by atoms with Crippen molar-refractivity contribution >= 4 is 28.2 Å². The minimum Gasteiger partial charge on any atom is -0.385 e. The zero-order chi connectivity index (χ0) is 23.9. The first-order valence-corrected chi connectivity index (χ1v) is 12.5. The van der Waals surface area contributed by atoms with Crippen LogP contribution in [0.2, 0.25) is 0 Å². The number of fused-ring (bicyclic) bond motifs is 1. The molecule has 1 aliphatic rings. The van der Waals surface area contributed by atoms with E-state index in [1.54, 1.807) is 0 Å². The molecule has 0 saturated heterocycles. The lowest BCUT2D eigenvalue weighted by Crippen LogP contribution is -2.72. The molecule has 0 amide bonds. The Bertz CT molecular complexity index is 1190. The molecular formula is C31H36N3+. The number of anilines is 2. The van der Waals surface area contributed by atoms with Gasteiger partial charge in [-0.25, -0.2) is 4.99 Å². The van der Waals surface area contributed by atoms with E-state index in [0.717, 1.165) is 31.9 Å². The monoisotopic (exact) mass is 450 g/mol. The van der Waals surface area contributed by atoms with Gasteiger partial charge in [0.2, 0.25) is 5.71 Å². The van der Waals surface area contributed by atoms with E-state index in [0.29, 0.717) is 0 Å². The fourth-order valence-corrected chi connectivity index (χ4v) is 4.73. The van der Waals surface area contributed by atoms with Crippen molar-refractivity contribution in [2.24, 2.45) is 0 Å². The van der Waals surface area contributed by atoms with Gasteiger partial charge in [0.15, 0.2) is 0 Å². The van der Waals surface area contributed by atoms with Crippen LogP contribution in [0.5, 0.6) is 0 Å². The molecule has 174 valence electrons. The lowest BCUT2D eigenvalue weighted by molar-refractivity contribution is -0.450. The molecular weight excluding hydrogens is 414 g/mol. The zero-order valence-electron chi connectivity index (χ0n) is 20.9. The molecule has 0 spiro atoms. The fraction of sp³-hybridized carbons (Fsp3) is 0.258. The summed E-state index contributed by atoms with van der Waals surface area (Å²) in [7, 11) is 0. The molecule has 0 atom stereocenters. The van der Waals surface area contributed by atoms with Gasteiger partial charge in [-0.05, 0) is 91.9 Å². The van der Waals surface area contributed by atoms with E-state index in [1.807, 2.05) is 0 Å². The van der Waals surface area contributed by atoms with Crippen LogP contribution in [0.25, 0.3) is 11.1 Å². The Morgan fingerprint density at radius 2 is 1.35 bits per heavy atom. The standard InChI is InChI=1S/C31H35N3/c1-5-32-25-17-13-23(14-18-25)31(24-15-19-26(20-16-24)34(7-3)8-4)29-21-22-30(33-6-2)28-12-10-9-11-27(28)29/h9-22,32H,5-8H2,1-4H3/p+1. The van der Waals surface area contributed by atoms with Gasteiger partial charge in [0.25, 0.3) is 0 Å². The Balaban J connectivity index is 1.91. The van der Waals surface area contributed by atoms with Gasteiger partial charge >= 0.3 is 0 Å². The number of nitrogens with zero attached hydrogens (tertiary/aromatic N) is 1. The molecule has 0 aromatic heterocycles. The minimum atomic E-state index is 0.901. The Kier molecular flexibility index (Phi) is 7.64. The van der Waals surface area contributed by atoms with Crippen LogP contribution in [0.3, 0.4) is 0 Å². The highest BCUT2D eigenvalue weighted by atomic mass is 15.1. The van der Waals surface area contributed by atoms with Crippen molar-refractivity contribution in [2.75, 3.05) is 36.4 Å². The predicted octanol–water partition coefficient (Wildman–Crippen LogP) is 5.38. The van der Waals surface area contributed by atoms with E-state index < -0.39 is 0 Å². The molecule has 0 radical (unpaired) electrons. The van der Waals surface area contributed by atoms with Crippen LogP contribution in [-0.4, -0.2) is 31.9 Å². The van der Waals surface area contributed by atoms with E-state index in [9.17, 15) is 0 Å². The highest BCUT2D eigenvalue weighted by Crippen LogP contribution is 2.37. The third-order valence-corrected chi connectivity index (χ3v) is 6.40. The molecule has 2 N–H and O–H groups in total. The molecule has 0 heterocycles. The maximum atomic E-state index is 3.53. The topological polar surface area (TPSA) is 29.2 Å². The van der Waals surface area contributed by atoms with Crippen LogP contribution < -0.4 is 15.2 Å². The normalized spacial score (nSPS) is 15.2. The van der Waals surface area contributed by atoms with Gasteiger partial charge < -0.3 is 10.2 Å². The molecule has 0 bridgehead atoms. The third-order valence-electron chi connectivity index (χ3n) is 6.40. The van der Waals surface area contributed by atoms with E-state index in [4.69, 9.17) is 0 Å². The van der Waals surface area contributed by atoms with Gasteiger partial charge in [0.05, 0.1) is 5.56 Å². The van der Waals surface area contributed by atoms with E-state index in [2.05, 4.69) is 128 Å². The lowest BCUT2D eigenvalue weighted by atomic mass is 9.83. The number of hydrogen-bond acceptors (Lipinski definition) is 2. The van der Waals surface area contributed by atoms with Crippen LogP contribution in [-0.2, 0) is 0 Å². The second-order valence-corrected chi connectivity index (χ2v) is 8.44. The van der Waals surface area contributed by atoms with Gasteiger partial charge in [0, 0.05) is 37.1 Å². The molecule has 1 aliphatic carbocycles. The number of hydrogen-bond donors (Lipinski definition) is 2. The smallest absolute Gasteiger partial charge is 0.206 e. The second kappa shape index (κ2) is 11.0. The summed E-state index contributed by atoms with van der Waals surface area (Å²) in [5, 5.41) is 3.41. The van der Waals surface area contributed by atoms with Gasteiger partial charge in [-0.2, -0.15) is 0 Å². The fourth-order valence-electron chi connectivity index (χ4n) is 4.73. The molecule has 0 fully saturated rings. The van der Waals surface area contributed by atoms with E-state index in [1.165, 1.54) is 44.8 Å². The predicted molar refractivity (Wildman–Crippen MR) is 148 cm³/mol. The van der Waals surface area contributed by atoms with Crippen molar-refractivity contribution in [3.05, 3.63) is 107 Å². The quantitative estimate of drug-likeness (QED) is 0.482. The first-order valence-electron chi connectivity index (χ1n) is 12.5. The Labute approximate surface area is 204 Å². The Morgan fingerprint density at radius 3 is 1.94 bits per heavy atom. The molecule has 0 unspecified atom stereocenters. The van der Waals surface area contributed by atoms with Gasteiger partial charge in [-0.15, -0.1) is 0 Å². The molecule has 3 aromatic carbocycles. The van der Waals surface area contributed by atoms with E-state index in [-0.39, 0.29) is 0 Å². The number of rotatable bonds is 8.